The predicted molar refractivity (Wildman–Crippen MR) is 206 cm³/mol. The van der Waals surface area contributed by atoms with Crippen LogP contribution in [0.2, 0.25) is 0 Å². The van der Waals surface area contributed by atoms with E-state index in [0.717, 1.165) is 27.2 Å². The fraction of sp³-hybridized carbons (Fsp3) is 0.375. The quantitative estimate of drug-likeness (QED) is 0.108. The van der Waals surface area contributed by atoms with E-state index < -0.39 is 22.2 Å². The number of nitrogens with zero attached hydrogens (tertiary/aromatic N) is 6. The molecule has 2 amide bonds. The van der Waals surface area contributed by atoms with E-state index in [1.807, 2.05) is 55.7 Å². The number of sulfonamides is 1. The minimum atomic E-state index is -4.13. The van der Waals surface area contributed by atoms with Crippen LogP contribution in [0, 0.1) is 13.8 Å². The molecule has 4 rings (SSSR count). The Balaban J connectivity index is 1.53. The Bertz CT molecular complexity index is 2010. The van der Waals surface area contributed by atoms with Crippen LogP contribution in [0.4, 0.5) is 27.9 Å². The number of carbonyl (C=O) groups excluding carboxylic acids is 3. The van der Waals surface area contributed by atoms with Crippen molar-refractivity contribution in [1.82, 2.24) is 25.1 Å². The van der Waals surface area contributed by atoms with Crippen molar-refractivity contribution in [2.24, 2.45) is 17.9 Å². The molecule has 0 radical (unpaired) electrons. The molecule has 0 aliphatic rings. The number of amides is 2. The lowest BCUT2D eigenvalue weighted by atomic mass is 10.2. The Morgan fingerprint density at radius 2 is 1.84 bits per heavy atom. The Hall–Kier alpha value is -3.80. The Labute approximate surface area is 306 Å². The zero-order valence-electron chi connectivity index (χ0n) is 29.1. The summed E-state index contributed by atoms with van der Waals surface area (Å²) in [7, 11) is 2.20. The number of anilines is 4. The minimum absolute atomic E-state index is 0.0525. The number of benzene rings is 2. The molecule has 51 heavy (non-hydrogen) atoms. The number of fused-ring (bicyclic) bond motifs is 1. The van der Waals surface area contributed by atoms with E-state index in [1.54, 1.807) is 25.7 Å². The molecule has 2 aromatic heterocycles. The molecule has 1 unspecified atom stereocenters. The molecule has 2 aromatic carbocycles. The normalized spacial score (nSPS) is 12.9. The van der Waals surface area contributed by atoms with E-state index in [4.69, 9.17) is 15.6 Å². The van der Waals surface area contributed by atoms with Gasteiger partial charge in [0.25, 0.3) is 0 Å². The topological polar surface area (TPSA) is 209 Å². The first-order chi connectivity index (χ1) is 24.1. The third-order valence-corrected chi connectivity index (χ3v) is 12.4. The maximum atomic E-state index is 13.8. The molecule has 0 saturated heterocycles. The highest BCUT2D eigenvalue weighted by atomic mass is 33.1. The number of nitrogens with two attached hydrogens (primary N) is 2. The fourth-order valence-electron chi connectivity index (χ4n) is 4.96. The number of hydrogen-bond donors (Lipinski definition) is 3. The molecule has 3 atom stereocenters. The van der Waals surface area contributed by atoms with Gasteiger partial charge in [-0.3, -0.25) is 14.3 Å². The predicted octanol–water partition coefficient (Wildman–Crippen LogP) is 4.11. The number of hydrogen-bond acceptors (Lipinski definition) is 13. The molecule has 15 nitrogen and oxygen atoms in total. The number of nitrogens with one attached hydrogen (secondary N) is 1. The summed E-state index contributed by atoms with van der Waals surface area (Å²) in [6.45, 7) is 7.39. The van der Waals surface area contributed by atoms with Gasteiger partial charge >= 0.3 is 6.09 Å². The van der Waals surface area contributed by atoms with Crippen molar-refractivity contribution in [3.8, 4) is 0 Å². The number of ether oxygens (including phenoxy) is 1. The SMILES string of the molecule is CPC(=O)[C@H](CCN)NC(=O)CSS[C@H](C)COC(=O)N(c1ccc(C)c(S(N)(=O)=O)c1)c1nccc(N(C)c2ccc3c(C)n(C)nc3c2)n1. The molecule has 0 fully saturated rings. The first kappa shape index (κ1) is 40.0. The Kier molecular flexibility index (Phi) is 13.8. The summed E-state index contributed by atoms with van der Waals surface area (Å²) in [6, 6.07) is 11.3. The summed E-state index contributed by atoms with van der Waals surface area (Å²) < 4.78 is 32.3. The molecule has 0 spiro atoms. The van der Waals surface area contributed by atoms with E-state index in [9.17, 15) is 22.8 Å². The Morgan fingerprint density at radius 3 is 2.53 bits per heavy atom. The van der Waals surface area contributed by atoms with Crippen LogP contribution in [0.15, 0.2) is 53.6 Å². The van der Waals surface area contributed by atoms with Crippen LogP contribution in [-0.2, 0) is 31.4 Å². The van der Waals surface area contributed by atoms with Crippen molar-refractivity contribution in [1.29, 1.82) is 0 Å². The van der Waals surface area contributed by atoms with Crippen molar-refractivity contribution in [2.45, 2.75) is 43.4 Å². The monoisotopic (exact) mass is 775 g/mol. The van der Waals surface area contributed by atoms with Gasteiger partial charge in [-0.1, -0.05) is 36.2 Å². The van der Waals surface area contributed by atoms with Crippen LogP contribution in [-0.4, -0.2) is 89.6 Å². The first-order valence-electron chi connectivity index (χ1n) is 15.7. The first-order valence-corrected chi connectivity index (χ1v) is 21.2. The van der Waals surface area contributed by atoms with Crippen molar-refractivity contribution in [3.63, 3.8) is 0 Å². The Morgan fingerprint density at radius 1 is 1.12 bits per heavy atom. The highest BCUT2D eigenvalue weighted by Gasteiger charge is 2.27. The van der Waals surface area contributed by atoms with Crippen LogP contribution in [0.1, 0.15) is 24.6 Å². The third-order valence-electron chi connectivity index (χ3n) is 7.81. The van der Waals surface area contributed by atoms with Gasteiger partial charge in [-0.15, -0.1) is 0 Å². The van der Waals surface area contributed by atoms with Gasteiger partial charge < -0.3 is 20.7 Å². The number of rotatable bonds is 16. The molecule has 0 aliphatic heterocycles. The van der Waals surface area contributed by atoms with Gasteiger partial charge in [-0.25, -0.2) is 28.2 Å². The van der Waals surface area contributed by atoms with Gasteiger partial charge in [0.1, 0.15) is 12.4 Å². The third kappa shape index (κ3) is 10.2. The number of aryl methyl sites for hydroxylation is 3. The van der Waals surface area contributed by atoms with Crippen LogP contribution in [0.5, 0.6) is 0 Å². The van der Waals surface area contributed by atoms with Crippen LogP contribution in [0.25, 0.3) is 10.9 Å². The summed E-state index contributed by atoms with van der Waals surface area (Å²) in [5.41, 5.74) is 8.68. The van der Waals surface area contributed by atoms with Gasteiger partial charge in [0.05, 0.1) is 27.9 Å². The lowest BCUT2D eigenvalue weighted by molar-refractivity contribution is -0.122. The molecule has 4 aromatic rings. The number of carbonyl (C=O) groups is 3. The second kappa shape index (κ2) is 17.6. The molecule has 0 bridgehead atoms. The minimum Gasteiger partial charge on any atom is -0.448 e. The second-order valence-electron chi connectivity index (χ2n) is 11.6. The lowest BCUT2D eigenvalue weighted by Crippen LogP contribution is -2.41. The van der Waals surface area contributed by atoms with Crippen molar-refractivity contribution in [2.75, 3.05) is 42.4 Å². The summed E-state index contributed by atoms with van der Waals surface area (Å²) in [4.78, 5) is 50.1. The van der Waals surface area contributed by atoms with Crippen LogP contribution < -0.4 is 26.0 Å². The fourth-order valence-corrected chi connectivity index (χ4v) is 8.33. The molecule has 5 N–H and O–H groups in total. The molecule has 0 saturated carbocycles. The molecule has 0 aliphatic carbocycles. The van der Waals surface area contributed by atoms with Crippen molar-refractivity contribution in [3.05, 3.63) is 59.9 Å². The van der Waals surface area contributed by atoms with Gasteiger partial charge in [-0.2, -0.15) is 10.1 Å². The van der Waals surface area contributed by atoms with E-state index in [0.29, 0.717) is 17.8 Å². The average molecular weight is 776 g/mol. The summed E-state index contributed by atoms with van der Waals surface area (Å²) in [5, 5.41) is 13.6. The molecular weight excluding hydrogens is 734 g/mol. The number of aromatic nitrogens is 4. The molecule has 274 valence electrons. The highest BCUT2D eigenvalue weighted by Crippen LogP contribution is 2.32. The van der Waals surface area contributed by atoms with Crippen LogP contribution >= 0.6 is 30.2 Å². The zero-order chi connectivity index (χ0) is 37.5. The van der Waals surface area contributed by atoms with Gasteiger partial charge in [-0.05, 0) is 82.4 Å². The standard InChI is InChI=1S/C32H42N9O6PS3/c1-19-7-8-23(16-27(19)51(34,45)46)41(32(44)47-17-20(2)50-49-18-29(42)36-25(11-13-33)30(43)48-6)31-35-14-12-28(37-31)39(4)22-9-10-24-21(3)40(5)38-26(24)15-22/h7-10,12,14-16,20,25,48H,11,13,17-18,33H2,1-6H3,(H,36,42)(H2,34,45,46)/t20-,25+/m1/s1. The second-order valence-corrected chi connectivity index (χ2v) is 16.9. The van der Waals surface area contributed by atoms with Gasteiger partial charge in [0.2, 0.25) is 21.9 Å². The van der Waals surface area contributed by atoms with E-state index in [2.05, 4.69) is 20.4 Å². The maximum Gasteiger partial charge on any atom is 0.421 e. The average Bonchev–Trinajstić information content (AvgIpc) is 3.38. The maximum absolute atomic E-state index is 13.8. The zero-order valence-corrected chi connectivity index (χ0v) is 32.6. The number of primary sulfonamides is 1. The summed E-state index contributed by atoms with van der Waals surface area (Å²) in [5.74, 6) is 0.160. The molecule has 2 heterocycles. The lowest BCUT2D eigenvalue weighted by Gasteiger charge is -2.24. The summed E-state index contributed by atoms with van der Waals surface area (Å²) >= 11 is 0. The van der Waals surface area contributed by atoms with E-state index in [1.165, 1.54) is 39.9 Å². The highest BCUT2D eigenvalue weighted by molar-refractivity contribution is 8.77. The summed E-state index contributed by atoms with van der Waals surface area (Å²) in [6.07, 6.45) is 0.998. The smallest absolute Gasteiger partial charge is 0.421 e. The van der Waals surface area contributed by atoms with E-state index >= 15 is 0 Å². The van der Waals surface area contributed by atoms with Crippen molar-refractivity contribution >= 4 is 91.8 Å². The largest absolute Gasteiger partial charge is 0.448 e. The van der Waals surface area contributed by atoms with E-state index in [-0.39, 0.29) is 60.7 Å². The van der Waals surface area contributed by atoms with Crippen LogP contribution in [0.3, 0.4) is 0 Å². The molecular formula is C32H42N9O6PS3. The van der Waals surface area contributed by atoms with Gasteiger partial charge in [0.15, 0.2) is 5.52 Å². The van der Waals surface area contributed by atoms with Gasteiger partial charge in [0, 0.05) is 42.3 Å². The molecule has 19 heteroatoms. The van der Waals surface area contributed by atoms with Crippen molar-refractivity contribution < 1.29 is 27.5 Å².